The Morgan fingerprint density at radius 1 is 1.32 bits per heavy atom. The Hall–Kier alpha value is -2.54. The molecule has 1 saturated carbocycles. The van der Waals surface area contributed by atoms with Crippen molar-refractivity contribution in [3.8, 4) is 5.69 Å². The Labute approximate surface area is 125 Å². The van der Waals surface area contributed by atoms with Crippen molar-refractivity contribution in [1.82, 2.24) is 24.8 Å². The number of rotatable bonds is 4. The molecule has 0 spiro atoms. The zero-order chi connectivity index (χ0) is 15.2. The molecule has 1 N–H and O–H groups in total. The van der Waals surface area contributed by atoms with Crippen molar-refractivity contribution >= 4 is 0 Å². The third-order valence-electron chi connectivity index (χ3n) is 4.08. The number of aliphatic hydroxyl groups excluding tert-OH is 1. The number of hydrogen-bond acceptors (Lipinski definition) is 4. The smallest absolute Gasteiger partial charge is 0.148 e. The van der Waals surface area contributed by atoms with Crippen LogP contribution in [0, 0.1) is 5.82 Å². The minimum Gasteiger partial charge on any atom is -0.392 e. The van der Waals surface area contributed by atoms with E-state index in [1.807, 2.05) is 16.9 Å². The number of aromatic nitrogens is 5. The summed E-state index contributed by atoms with van der Waals surface area (Å²) in [6, 6.07) is 6.31. The van der Waals surface area contributed by atoms with Gasteiger partial charge in [0.05, 0.1) is 12.8 Å². The lowest BCUT2D eigenvalue weighted by atomic mass is 10.2. The standard InChI is InChI=1S/C15H14FN5O/c16-12-3-2-11(10-22)8-13(12)20-9-14(18-19-20)15(4-5-15)21-7-1-6-17-21/h1-3,6-9,22H,4-5,10H2. The molecule has 0 aliphatic heterocycles. The third-order valence-corrected chi connectivity index (χ3v) is 4.08. The summed E-state index contributed by atoms with van der Waals surface area (Å²) < 4.78 is 17.3. The van der Waals surface area contributed by atoms with Gasteiger partial charge in [-0.05, 0) is 36.6 Å². The van der Waals surface area contributed by atoms with Gasteiger partial charge in [-0.2, -0.15) is 5.10 Å². The van der Waals surface area contributed by atoms with E-state index in [0.29, 0.717) is 5.56 Å². The summed E-state index contributed by atoms with van der Waals surface area (Å²) in [5.41, 5.74) is 1.42. The van der Waals surface area contributed by atoms with E-state index in [1.165, 1.54) is 10.7 Å². The maximum Gasteiger partial charge on any atom is 0.148 e. The lowest BCUT2D eigenvalue weighted by Crippen LogP contribution is -2.19. The van der Waals surface area contributed by atoms with Crippen LogP contribution in [0.3, 0.4) is 0 Å². The van der Waals surface area contributed by atoms with E-state index in [1.54, 1.807) is 24.5 Å². The molecule has 0 saturated heterocycles. The van der Waals surface area contributed by atoms with Crippen LogP contribution < -0.4 is 0 Å². The first-order valence-electron chi connectivity index (χ1n) is 7.05. The zero-order valence-electron chi connectivity index (χ0n) is 11.7. The van der Waals surface area contributed by atoms with Crippen LogP contribution in [-0.2, 0) is 12.1 Å². The fourth-order valence-electron chi connectivity index (χ4n) is 2.67. The molecule has 2 aromatic heterocycles. The Bertz CT molecular complexity index is 807. The summed E-state index contributed by atoms with van der Waals surface area (Å²) in [6.45, 7) is -0.147. The molecule has 7 heteroatoms. The van der Waals surface area contributed by atoms with E-state index < -0.39 is 5.82 Å². The van der Waals surface area contributed by atoms with Gasteiger partial charge < -0.3 is 5.11 Å². The molecule has 4 rings (SSSR count). The number of halogens is 1. The zero-order valence-corrected chi connectivity index (χ0v) is 11.7. The molecule has 0 atom stereocenters. The van der Waals surface area contributed by atoms with Gasteiger partial charge in [-0.1, -0.05) is 11.3 Å². The van der Waals surface area contributed by atoms with Crippen LogP contribution in [0.25, 0.3) is 5.69 Å². The van der Waals surface area contributed by atoms with Crippen molar-refractivity contribution < 1.29 is 9.50 Å². The van der Waals surface area contributed by atoms with Crippen molar-refractivity contribution in [3.63, 3.8) is 0 Å². The maximum atomic E-state index is 14.0. The topological polar surface area (TPSA) is 68.8 Å². The highest BCUT2D eigenvalue weighted by Gasteiger charge is 2.49. The van der Waals surface area contributed by atoms with Gasteiger partial charge in [-0.3, -0.25) is 4.68 Å². The molecule has 1 fully saturated rings. The SMILES string of the molecule is OCc1ccc(F)c(-n2cc(C3(n4cccn4)CC3)nn2)c1. The average Bonchev–Trinajstić information content (AvgIpc) is 2.98. The third kappa shape index (κ3) is 1.93. The highest BCUT2D eigenvalue weighted by Crippen LogP contribution is 2.47. The monoisotopic (exact) mass is 299 g/mol. The van der Waals surface area contributed by atoms with Crippen LogP contribution in [0.2, 0.25) is 0 Å². The molecular formula is C15H14FN5O. The van der Waals surface area contributed by atoms with Gasteiger partial charge in [0.15, 0.2) is 0 Å². The average molecular weight is 299 g/mol. The van der Waals surface area contributed by atoms with Crippen molar-refractivity contribution in [1.29, 1.82) is 0 Å². The second-order valence-corrected chi connectivity index (χ2v) is 5.47. The lowest BCUT2D eigenvalue weighted by molar-refractivity contribution is 0.281. The summed E-state index contributed by atoms with van der Waals surface area (Å²) >= 11 is 0. The summed E-state index contributed by atoms with van der Waals surface area (Å²) in [4.78, 5) is 0. The second kappa shape index (κ2) is 4.74. The predicted molar refractivity (Wildman–Crippen MR) is 75.8 cm³/mol. The predicted octanol–water partition coefficient (Wildman–Crippen LogP) is 1.63. The van der Waals surface area contributed by atoms with Gasteiger partial charge in [0, 0.05) is 12.4 Å². The lowest BCUT2D eigenvalue weighted by Gasteiger charge is -2.12. The molecule has 112 valence electrons. The van der Waals surface area contributed by atoms with Gasteiger partial charge in [0.2, 0.25) is 0 Å². The molecule has 1 aliphatic rings. The number of benzene rings is 1. The highest BCUT2D eigenvalue weighted by atomic mass is 19.1. The fourth-order valence-corrected chi connectivity index (χ4v) is 2.67. The van der Waals surface area contributed by atoms with Crippen molar-refractivity contribution in [2.75, 3.05) is 0 Å². The maximum absolute atomic E-state index is 14.0. The number of nitrogens with zero attached hydrogens (tertiary/aromatic N) is 5. The molecule has 6 nitrogen and oxygen atoms in total. The minimum absolute atomic E-state index is 0.147. The largest absolute Gasteiger partial charge is 0.392 e. The Kier molecular flexibility index (Phi) is 2.83. The molecule has 3 aromatic rings. The Morgan fingerprint density at radius 3 is 2.86 bits per heavy atom. The highest BCUT2D eigenvalue weighted by molar-refractivity contribution is 5.37. The van der Waals surface area contributed by atoms with E-state index in [0.717, 1.165) is 18.5 Å². The second-order valence-electron chi connectivity index (χ2n) is 5.47. The van der Waals surface area contributed by atoms with Crippen LogP contribution in [0.4, 0.5) is 4.39 Å². The molecular weight excluding hydrogens is 285 g/mol. The van der Waals surface area contributed by atoms with Gasteiger partial charge in [-0.15, -0.1) is 5.10 Å². The van der Waals surface area contributed by atoms with Crippen molar-refractivity contribution in [2.24, 2.45) is 0 Å². The van der Waals surface area contributed by atoms with E-state index in [4.69, 9.17) is 0 Å². The summed E-state index contributed by atoms with van der Waals surface area (Å²) in [6.07, 6.45) is 7.24. The van der Waals surface area contributed by atoms with Crippen LogP contribution in [-0.4, -0.2) is 29.9 Å². The van der Waals surface area contributed by atoms with Crippen LogP contribution in [0.5, 0.6) is 0 Å². The van der Waals surface area contributed by atoms with Crippen LogP contribution in [0.1, 0.15) is 24.1 Å². The molecule has 0 bridgehead atoms. The number of aliphatic hydroxyl groups is 1. The van der Waals surface area contributed by atoms with E-state index >= 15 is 0 Å². The molecule has 1 aromatic carbocycles. The van der Waals surface area contributed by atoms with Crippen molar-refractivity contribution in [3.05, 3.63) is 59.9 Å². The Balaban J connectivity index is 1.74. The molecule has 22 heavy (non-hydrogen) atoms. The summed E-state index contributed by atoms with van der Waals surface area (Å²) in [5, 5.41) is 21.7. The van der Waals surface area contributed by atoms with Gasteiger partial charge in [0.25, 0.3) is 0 Å². The van der Waals surface area contributed by atoms with Gasteiger partial charge in [-0.25, -0.2) is 9.07 Å². The quantitative estimate of drug-likeness (QED) is 0.795. The van der Waals surface area contributed by atoms with Gasteiger partial charge in [0.1, 0.15) is 22.7 Å². The van der Waals surface area contributed by atoms with E-state index in [-0.39, 0.29) is 17.8 Å². The van der Waals surface area contributed by atoms with Crippen LogP contribution >= 0.6 is 0 Å². The molecule has 2 heterocycles. The molecule has 0 unspecified atom stereocenters. The molecule has 0 amide bonds. The first-order chi connectivity index (χ1) is 10.7. The first-order valence-corrected chi connectivity index (χ1v) is 7.05. The van der Waals surface area contributed by atoms with Crippen molar-refractivity contribution in [2.45, 2.75) is 25.0 Å². The first kappa shape index (κ1) is 13.1. The van der Waals surface area contributed by atoms with E-state index in [2.05, 4.69) is 15.4 Å². The molecule has 0 radical (unpaired) electrons. The normalized spacial score (nSPS) is 15.9. The summed E-state index contributed by atoms with van der Waals surface area (Å²) in [7, 11) is 0. The van der Waals surface area contributed by atoms with E-state index in [9.17, 15) is 9.50 Å². The summed E-state index contributed by atoms with van der Waals surface area (Å²) in [5.74, 6) is -0.405. The Morgan fingerprint density at radius 2 is 2.18 bits per heavy atom. The van der Waals surface area contributed by atoms with Crippen LogP contribution in [0.15, 0.2) is 42.9 Å². The molecule has 1 aliphatic carbocycles. The fraction of sp³-hybridized carbons (Fsp3) is 0.267. The van der Waals surface area contributed by atoms with Gasteiger partial charge >= 0.3 is 0 Å². The number of hydrogen-bond donors (Lipinski definition) is 1. The minimum atomic E-state index is -0.405.